The maximum absolute atomic E-state index is 12.7. The standard InChI is InChI=1S/C19H19ClN2O5/c1-24-15-9-13(16(25-2)8-12(15)20)21-19(23)22-17-11-4-6-26-14(11)7-10-3-5-27-18(10)17/h7-9H,3-6H2,1-2H3,(H2,21,22,23). The maximum atomic E-state index is 12.7. The monoisotopic (exact) mass is 390 g/mol. The third-order valence-corrected chi connectivity index (χ3v) is 4.91. The molecule has 142 valence electrons. The van der Waals surface area contributed by atoms with Gasteiger partial charge in [0.1, 0.15) is 23.0 Å². The highest BCUT2D eigenvalue weighted by molar-refractivity contribution is 6.32. The van der Waals surface area contributed by atoms with Gasteiger partial charge in [-0.3, -0.25) is 0 Å². The number of hydrogen-bond acceptors (Lipinski definition) is 5. The Bertz CT molecular complexity index is 883. The predicted molar refractivity (Wildman–Crippen MR) is 102 cm³/mol. The van der Waals surface area contributed by atoms with Crippen LogP contribution in [0.5, 0.6) is 23.0 Å². The van der Waals surface area contributed by atoms with Gasteiger partial charge in [0.05, 0.1) is 43.8 Å². The van der Waals surface area contributed by atoms with Crippen molar-refractivity contribution in [1.29, 1.82) is 0 Å². The second-order valence-corrected chi connectivity index (χ2v) is 6.59. The summed E-state index contributed by atoms with van der Waals surface area (Å²) in [6.07, 6.45) is 1.52. The summed E-state index contributed by atoms with van der Waals surface area (Å²) in [6, 6.07) is 4.78. The zero-order chi connectivity index (χ0) is 19.0. The number of fused-ring (bicyclic) bond motifs is 2. The molecule has 2 aromatic rings. The molecule has 2 heterocycles. The smallest absolute Gasteiger partial charge is 0.323 e. The molecule has 0 radical (unpaired) electrons. The van der Waals surface area contributed by atoms with Gasteiger partial charge in [0.2, 0.25) is 0 Å². The number of ether oxygens (including phenoxy) is 4. The van der Waals surface area contributed by atoms with Crippen molar-refractivity contribution in [3.63, 3.8) is 0 Å². The fraction of sp³-hybridized carbons (Fsp3) is 0.316. The second kappa shape index (κ2) is 7.08. The molecule has 0 saturated heterocycles. The minimum absolute atomic E-state index is 0.393. The van der Waals surface area contributed by atoms with Gasteiger partial charge >= 0.3 is 6.03 Å². The van der Waals surface area contributed by atoms with Crippen LogP contribution in [0.2, 0.25) is 5.02 Å². The van der Waals surface area contributed by atoms with Crippen LogP contribution in [-0.2, 0) is 12.8 Å². The van der Waals surface area contributed by atoms with Gasteiger partial charge in [0.15, 0.2) is 0 Å². The van der Waals surface area contributed by atoms with E-state index in [2.05, 4.69) is 10.6 Å². The topological polar surface area (TPSA) is 78.1 Å². The van der Waals surface area contributed by atoms with Crippen molar-refractivity contribution in [2.75, 3.05) is 38.1 Å². The molecule has 0 unspecified atom stereocenters. The molecule has 2 amide bonds. The molecule has 4 rings (SSSR count). The molecule has 0 saturated carbocycles. The highest BCUT2D eigenvalue weighted by Gasteiger charge is 2.27. The fourth-order valence-corrected chi connectivity index (χ4v) is 3.57. The number of benzene rings is 2. The molecule has 2 N–H and O–H groups in total. The van der Waals surface area contributed by atoms with E-state index in [0.29, 0.717) is 41.1 Å². The molecule has 7 nitrogen and oxygen atoms in total. The number of anilines is 2. The predicted octanol–water partition coefficient (Wildman–Crippen LogP) is 3.87. The molecule has 0 aromatic heterocycles. The zero-order valence-electron chi connectivity index (χ0n) is 15.0. The number of methoxy groups -OCH3 is 2. The van der Waals surface area contributed by atoms with Gasteiger partial charge in [-0.15, -0.1) is 0 Å². The van der Waals surface area contributed by atoms with Crippen molar-refractivity contribution in [1.82, 2.24) is 0 Å². The average Bonchev–Trinajstić information content (AvgIpc) is 3.31. The van der Waals surface area contributed by atoms with Crippen molar-refractivity contribution in [3.05, 3.63) is 34.3 Å². The summed E-state index contributed by atoms with van der Waals surface area (Å²) in [5.41, 5.74) is 3.09. The van der Waals surface area contributed by atoms with E-state index in [0.717, 1.165) is 35.5 Å². The van der Waals surface area contributed by atoms with Gasteiger partial charge in [-0.2, -0.15) is 0 Å². The van der Waals surface area contributed by atoms with Gasteiger partial charge in [0.25, 0.3) is 0 Å². The van der Waals surface area contributed by atoms with Crippen LogP contribution < -0.4 is 29.6 Å². The van der Waals surface area contributed by atoms with Crippen molar-refractivity contribution in [3.8, 4) is 23.0 Å². The van der Waals surface area contributed by atoms with E-state index >= 15 is 0 Å². The Labute approximate surface area is 161 Å². The molecular formula is C19H19ClN2O5. The van der Waals surface area contributed by atoms with Gasteiger partial charge in [-0.1, -0.05) is 11.6 Å². The SMILES string of the molecule is COc1cc(NC(=O)Nc2c3c(cc4c2OCC4)OCC3)c(OC)cc1Cl. The minimum atomic E-state index is -0.421. The Balaban J connectivity index is 1.62. The number of nitrogens with one attached hydrogen (secondary N) is 2. The average molecular weight is 391 g/mol. The van der Waals surface area contributed by atoms with Gasteiger partial charge in [-0.05, 0) is 6.07 Å². The number of urea groups is 1. The first-order chi connectivity index (χ1) is 13.1. The quantitative estimate of drug-likeness (QED) is 0.828. The molecule has 2 aromatic carbocycles. The lowest BCUT2D eigenvalue weighted by Gasteiger charge is -2.16. The fourth-order valence-electron chi connectivity index (χ4n) is 3.34. The number of rotatable bonds is 4. The molecular weight excluding hydrogens is 372 g/mol. The Kier molecular flexibility index (Phi) is 4.61. The van der Waals surface area contributed by atoms with Crippen LogP contribution in [0, 0.1) is 0 Å². The van der Waals surface area contributed by atoms with Crippen LogP contribution >= 0.6 is 11.6 Å². The van der Waals surface area contributed by atoms with E-state index in [1.54, 1.807) is 12.1 Å². The molecule has 0 fully saturated rings. The largest absolute Gasteiger partial charge is 0.495 e. The minimum Gasteiger partial charge on any atom is -0.495 e. The molecule has 27 heavy (non-hydrogen) atoms. The van der Waals surface area contributed by atoms with E-state index in [4.69, 9.17) is 30.5 Å². The van der Waals surface area contributed by atoms with Crippen molar-refractivity contribution < 1.29 is 23.7 Å². The number of hydrogen-bond donors (Lipinski definition) is 2. The summed E-state index contributed by atoms with van der Waals surface area (Å²) in [5, 5.41) is 6.09. The van der Waals surface area contributed by atoms with Crippen LogP contribution in [0.4, 0.5) is 16.2 Å². The lowest BCUT2D eigenvalue weighted by molar-refractivity contribution is 0.262. The summed E-state index contributed by atoms with van der Waals surface area (Å²) in [5.74, 6) is 2.39. The number of halogens is 1. The number of carbonyl (C=O) groups excluding carboxylic acids is 1. The highest BCUT2D eigenvalue weighted by Crippen LogP contribution is 2.44. The molecule has 8 heteroatoms. The van der Waals surface area contributed by atoms with E-state index in [1.807, 2.05) is 6.07 Å². The molecule has 0 aliphatic carbocycles. The first kappa shape index (κ1) is 17.6. The summed E-state index contributed by atoms with van der Waals surface area (Å²) in [4.78, 5) is 12.7. The maximum Gasteiger partial charge on any atom is 0.323 e. The summed E-state index contributed by atoms with van der Waals surface area (Å²) < 4.78 is 21.9. The Morgan fingerprint density at radius 1 is 1.04 bits per heavy atom. The third-order valence-electron chi connectivity index (χ3n) is 4.61. The highest BCUT2D eigenvalue weighted by atomic mass is 35.5. The van der Waals surface area contributed by atoms with Crippen molar-refractivity contribution in [2.45, 2.75) is 12.8 Å². The molecule has 0 atom stereocenters. The first-order valence-corrected chi connectivity index (χ1v) is 8.92. The molecule has 2 aliphatic rings. The van der Waals surface area contributed by atoms with Crippen molar-refractivity contribution in [2.24, 2.45) is 0 Å². The summed E-state index contributed by atoms with van der Waals surface area (Å²) in [7, 11) is 3.01. The molecule has 0 bridgehead atoms. The Hall–Kier alpha value is -2.80. The summed E-state index contributed by atoms with van der Waals surface area (Å²) >= 11 is 6.11. The van der Waals surface area contributed by atoms with Gasteiger partial charge < -0.3 is 29.6 Å². The lowest BCUT2D eigenvalue weighted by atomic mass is 10.0. The second-order valence-electron chi connectivity index (χ2n) is 6.18. The lowest BCUT2D eigenvalue weighted by Crippen LogP contribution is -2.21. The normalized spacial score (nSPS) is 13.9. The van der Waals surface area contributed by atoms with Crippen LogP contribution in [0.25, 0.3) is 0 Å². The molecule has 0 spiro atoms. The number of amides is 2. The number of carbonyl (C=O) groups is 1. The zero-order valence-corrected chi connectivity index (χ0v) is 15.7. The van der Waals surface area contributed by atoms with Crippen LogP contribution in [0.1, 0.15) is 11.1 Å². The van der Waals surface area contributed by atoms with Crippen molar-refractivity contribution >= 4 is 29.0 Å². The van der Waals surface area contributed by atoms with Gasteiger partial charge in [-0.25, -0.2) is 4.79 Å². The van der Waals surface area contributed by atoms with Crippen LogP contribution in [0.15, 0.2) is 18.2 Å². The van der Waals surface area contributed by atoms with Crippen LogP contribution in [-0.4, -0.2) is 33.5 Å². The van der Waals surface area contributed by atoms with E-state index in [1.165, 1.54) is 14.2 Å². The Morgan fingerprint density at radius 3 is 2.59 bits per heavy atom. The Morgan fingerprint density at radius 2 is 1.81 bits per heavy atom. The molecule has 2 aliphatic heterocycles. The first-order valence-electron chi connectivity index (χ1n) is 8.54. The van der Waals surface area contributed by atoms with Gasteiger partial charge in [0, 0.05) is 36.1 Å². The third kappa shape index (κ3) is 3.19. The van der Waals surface area contributed by atoms with E-state index in [9.17, 15) is 4.79 Å². The van der Waals surface area contributed by atoms with E-state index in [-0.39, 0.29) is 0 Å². The van der Waals surface area contributed by atoms with Crippen LogP contribution in [0.3, 0.4) is 0 Å². The summed E-state index contributed by atoms with van der Waals surface area (Å²) in [6.45, 7) is 1.19. The van der Waals surface area contributed by atoms with E-state index < -0.39 is 6.03 Å².